The first-order chi connectivity index (χ1) is 14.0. The van der Waals surface area contributed by atoms with Crippen LogP contribution in [0.25, 0.3) is 17.2 Å². The molecule has 2 heterocycles. The number of nitrogens with one attached hydrogen (secondary N) is 1. The fraction of sp³-hybridized carbons (Fsp3) is 0.273. The van der Waals surface area contributed by atoms with E-state index in [4.69, 9.17) is 5.73 Å². The number of amides is 2. The van der Waals surface area contributed by atoms with Gasteiger partial charge in [0.2, 0.25) is 0 Å². The van der Waals surface area contributed by atoms with E-state index in [1.807, 2.05) is 47.4 Å². The third-order valence-electron chi connectivity index (χ3n) is 5.38. The van der Waals surface area contributed by atoms with E-state index in [9.17, 15) is 14.5 Å². The summed E-state index contributed by atoms with van der Waals surface area (Å²) in [5, 5.41) is 5.67. The molecule has 0 saturated carbocycles. The molecule has 0 aromatic heterocycles. The van der Waals surface area contributed by atoms with Crippen LogP contribution in [0, 0.1) is 4.91 Å². The van der Waals surface area contributed by atoms with Crippen LogP contribution in [0.5, 0.6) is 0 Å². The maximum Gasteiger partial charge on any atom is 0.312 e. The summed E-state index contributed by atoms with van der Waals surface area (Å²) in [7, 11) is 0. The van der Waals surface area contributed by atoms with E-state index in [-0.39, 0.29) is 17.9 Å². The topological polar surface area (TPSA) is 105 Å². The lowest BCUT2D eigenvalue weighted by Gasteiger charge is -2.16. The van der Waals surface area contributed by atoms with Gasteiger partial charge >= 0.3 is 5.91 Å². The first-order valence-electron chi connectivity index (χ1n) is 9.69. The Balaban J connectivity index is 1.63. The first-order valence-corrected chi connectivity index (χ1v) is 9.69. The van der Waals surface area contributed by atoms with Crippen molar-refractivity contribution >= 4 is 23.6 Å². The quantitative estimate of drug-likeness (QED) is 0.782. The largest absolute Gasteiger partial charge is 0.369 e. The number of likely N-dealkylation sites (tertiary alicyclic amines) is 1. The van der Waals surface area contributed by atoms with E-state index in [1.54, 1.807) is 6.08 Å². The number of carbonyl (C=O) groups excluding carboxylic acids is 2. The molecule has 29 heavy (non-hydrogen) atoms. The summed E-state index contributed by atoms with van der Waals surface area (Å²) >= 11 is 0. The highest BCUT2D eigenvalue weighted by molar-refractivity contribution is 6.00. The van der Waals surface area contributed by atoms with Gasteiger partial charge in [-0.1, -0.05) is 18.2 Å². The second kappa shape index (κ2) is 7.97. The van der Waals surface area contributed by atoms with Gasteiger partial charge in [0.25, 0.3) is 5.91 Å². The fourth-order valence-corrected chi connectivity index (χ4v) is 3.84. The van der Waals surface area contributed by atoms with Crippen molar-refractivity contribution in [1.82, 2.24) is 4.90 Å². The summed E-state index contributed by atoms with van der Waals surface area (Å²) in [5.41, 5.74) is 10.4. The van der Waals surface area contributed by atoms with Crippen LogP contribution in [-0.2, 0) is 4.79 Å². The lowest BCUT2D eigenvalue weighted by molar-refractivity contribution is -0.114. The Labute approximate surface area is 168 Å². The van der Waals surface area contributed by atoms with Crippen LogP contribution in [0.2, 0.25) is 0 Å². The standard InChI is InChI=1S/C22H22N4O3/c23-20-13-18(21(27)25-29)12-17-11-16(7-8-19(17)24-20)14-3-5-15(6-4-14)22(28)26-9-1-2-10-26/h3-8,11-12,20,24H,1-2,9-10,13,23H2. The third kappa shape index (κ3) is 3.95. The first kappa shape index (κ1) is 19.0. The van der Waals surface area contributed by atoms with E-state index < -0.39 is 12.1 Å². The minimum Gasteiger partial charge on any atom is -0.369 e. The zero-order chi connectivity index (χ0) is 20.4. The molecule has 2 aromatic rings. The van der Waals surface area contributed by atoms with Gasteiger partial charge in [-0.3, -0.25) is 9.59 Å². The molecule has 2 aromatic carbocycles. The van der Waals surface area contributed by atoms with E-state index in [0.29, 0.717) is 5.56 Å². The van der Waals surface area contributed by atoms with Gasteiger partial charge in [-0.25, -0.2) is 0 Å². The second-order valence-corrected chi connectivity index (χ2v) is 7.40. The number of rotatable bonds is 3. The van der Waals surface area contributed by atoms with Gasteiger partial charge in [0.05, 0.1) is 6.17 Å². The maximum atomic E-state index is 12.5. The van der Waals surface area contributed by atoms with Crippen molar-refractivity contribution in [1.29, 1.82) is 0 Å². The Bertz CT molecular complexity index is 992. The lowest BCUT2D eigenvalue weighted by atomic mass is 9.99. The van der Waals surface area contributed by atoms with Crippen LogP contribution in [0.4, 0.5) is 5.69 Å². The predicted molar refractivity (Wildman–Crippen MR) is 112 cm³/mol. The van der Waals surface area contributed by atoms with Crippen LogP contribution in [0.3, 0.4) is 0 Å². The highest BCUT2D eigenvalue weighted by Gasteiger charge is 2.21. The van der Waals surface area contributed by atoms with Gasteiger partial charge in [-0.15, -0.1) is 4.91 Å². The van der Waals surface area contributed by atoms with Gasteiger partial charge in [0.1, 0.15) is 0 Å². The summed E-state index contributed by atoms with van der Waals surface area (Å²) in [6.45, 7) is 1.65. The molecule has 1 fully saturated rings. The van der Waals surface area contributed by atoms with Crippen molar-refractivity contribution in [3.8, 4) is 11.1 Å². The summed E-state index contributed by atoms with van der Waals surface area (Å²) in [6.07, 6.45) is 3.54. The zero-order valence-corrected chi connectivity index (χ0v) is 15.9. The molecule has 2 aliphatic heterocycles. The molecule has 0 spiro atoms. The van der Waals surface area contributed by atoms with E-state index in [0.717, 1.165) is 48.3 Å². The zero-order valence-electron chi connectivity index (χ0n) is 15.9. The number of nitroso groups, excluding NO2 is 1. The minimum absolute atomic E-state index is 0.0709. The van der Waals surface area contributed by atoms with Crippen LogP contribution in [0.1, 0.15) is 35.2 Å². The van der Waals surface area contributed by atoms with Gasteiger partial charge in [0.15, 0.2) is 0 Å². The van der Waals surface area contributed by atoms with Crippen LogP contribution >= 0.6 is 0 Å². The molecule has 0 aliphatic carbocycles. The van der Waals surface area contributed by atoms with E-state index >= 15 is 0 Å². The molecular formula is C22H22N4O3. The molecule has 3 N–H and O–H groups in total. The van der Waals surface area contributed by atoms with Crippen LogP contribution < -0.4 is 11.1 Å². The smallest absolute Gasteiger partial charge is 0.312 e. The molecule has 148 valence electrons. The second-order valence-electron chi connectivity index (χ2n) is 7.40. The molecule has 0 bridgehead atoms. The van der Waals surface area contributed by atoms with Crippen molar-refractivity contribution in [2.45, 2.75) is 25.4 Å². The minimum atomic E-state index is -0.801. The molecule has 4 rings (SSSR count). The molecule has 7 heteroatoms. The SMILES string of the molecule is NC1CC(C(=O)N=O)=Cc2cc(-c3ccc(C(=O)N4CCCC4)cc3)ccc2N1. The highest BCUT2D eigenvalue weighted by Crippen LogP contribution is 2.30. The number of hydrogen-bond donors (Lipinski definition) is 2. The predicted octanol–water partition coefficient (Wildman–Crippen LogP) is 3.37. The van der Waals surface area contributed by atoms with Crippen molar-refractivity contribution in [2.24, 2.45) is 10.9 Å². The van der Waals surface area contributed by atoms with Gasteiger partial charge in [0, 0.05) is 41.5 Å². The third-order valence-corrected chi connectivity index (χ3v) is 5.38. The highest BCUT2D eigenvalue weighted by atomic mass is 16.3. The van der Waals surface area contributed by atoms with Crippen molar-refractivity contribution in [2.75, 3.05) is 18.4 Å². The Hall–Kier alpha value is -3.32. The number of nitrogens with two attached hydrogens (primary N) is 1. The Kier molecular flexibility index (Phi) is 5.22. The number of carbonyl (C=O) groups is 2. The van der Waals surface area contributed by atoms with Crippen molar-refractivity contribution < 1.29 is 9.59 Å². The maximum absolute atomic E-state index is 12.5. The monoisotopic (exact) mass is 390 g/mol. The number of nitrogens with zero attached hydrogens (tertiary/aromatic N) is 2. The Morgan fingerprint density at radius 2 is 1.72 bits per heavy atom. The number of anilines is 1. The molecule has 2 amide bonds. The summed E-state index contributed by atoms with van der Waals surface area (Å²) < 4.78 is 0. The molecule has 1 saturated heterocycles. The van der Waals surface area contributed by atoms with Crippen LogP contribution in [0.15, 0.2) is 53.2 Å². The Morgan fingerprint density at radius 3 is 2.41 bits per heavy atom. The summed E-state index contributed by atoms with van der Waals surface area (Å²) in [5.74, 6) is -0.730. The lowest BCUT2D eigenvalue weighted by Crippen LogP contribution is -2.30. The number of fused-ring (bicyclic) bond motifs is 1. The normalized spacial score (nSPS) is 18.3. The van der Waals surface area contributed by atoms with Crippen molar-refractivity contribution in [3.05, 3.63) is 64.1 Å². The Morgan fingerprint density at radius 1 is 1.03 bits per heavy atom. The summed E-state index contributed by atoms with van der Waals surface area (Å²) in [6, 6.07) is 13.3. The van der Waals surface area contributed by atoms with Gasteiger partial charge in [-0.2, -0.15) is 0 Å². The van der Waals surface area contributed by atoms with E-state index in [1.165, 1.54) is 0 Å². The van der Waals surface area contributed by atoms with Crippen molar-refractivity contribution in [3.63, 3.8) is 0 Å². The molecule has 1 unspecified atom stereocenters. The number of benzene rings is 2. The van der Waals surface area contributed by atoms with Gasteiger partial charge in [-0.05, 0) is 59.9 Å². The van der Waals surface area contributed by atoms with E-state index in [2.05, 4.69) is 10.5 Å². The molecular weight excluding hydrogens is 368 g/mol. The van der Waals surface area contributed by atoms with Crippen LogP contribution in [-0.4, -0.2) is 36.0 Å². The fourth-order valence-electron chi connectivity index (χ4n) is 3.84. The average molecular weight is 390 g/mol. The molecule has 1 atom stereocenters. The summed E-state index contributed by atoms with van der Waals surface area (Å²) in [4.78, 5) is 36.8. The number of hydrogen-bond acceptors (Lipinski definition) is 5. The molecule has 2 aliphatic rings. The average Bonchev–Trinajstić information content (AvgIpc) is 3.22. The molecule has 0 radical (unpaired) electrons. The van der Waals surface area contributed by atoms with Gasteiger partial charge < -0.3 is 16.0 Å². The molecule has 7 nitrogen and oxygen atoms in total.